The molecule has 18 heavy (non-hydrogen) atoms. The molecule has 0 amide bonds. The lowest BCUT2D eigenvalue weighted by molar-refractivity contribution is 0.177. The van der Waals surface area contributed by atoms with E-state index in [1.807, 2.05) is 19.9 Å². The van der Waals surface area contributed by atoms with Crippen molar-refractivity contribution in [3.8, 4) is 0 Å². The first-order valence-corrected chi connectivity index (χ1v) is 6.90. The zero-order chi connectivity index (χ0) is 13.5. The Morgan fingerprint density at radius 2 is 2.17 bits per heavy atom. The van der Waals surface area contributed by atoms with Crippen molar-refractivity contribution in [3.05, 3.63) is 11.9 Å². The van der Waals surface area contributed by atoms with Crippen molar-refractivity contribution in [1.29, 1.82) is 0 Å². The molecule has 0 aliphatic carbocycles. The fraction of sp³-hybridized carbons (Fsp3) is 0.667. The number of aliphatic hydroxyl groups excluding tert-OH is 1. The maximum Gasteiger partial charge on any atom is 0.157 e. The molecule has 0 aliphatic rings. The van der Waals surface area contributed by atoms with Crippen molar-refractivity contribution in [2.45, 2.75) is 43.8 Å². The number of ether oxygens (including phenoxy) is 1. The maximum absolute atomic E-state index is 9.52. The normalized spacial score (nSPS) is 14.3. The number of anilines is 1. The molecule has 1 aromatic rings. The van der Waals surface area contributed by atoms with E-state index in [1.165, 1.54) is 11.8 Å². The summed E-state index contributed by atoms with van der Waals surface area (Å²) in [6.45, 7) is 6.96. The number of aliphatic hydroxyl groups is 1. The molecule has 6 heteroatoms. The smallest absolute Gasteiger partial charge is 0.157 e. The predicted octanol–water partition coefficient (Wildman–Crippen LogP) is 1.92. The molecule has 0 spiro atoms. The monoisotopic (exact) mass is 271 g/mol. The van der Waals surface area contributed by atoms with E-state index in [-0.39, 0.29) is 11.4 Å². The third-order valence-corrected chi connectivity index (χ3v) is 3.58. The van der Waals surface area contributed by atoms with Gasteiger partial charge in [-0.15, -0.1) is 11.8 Å². The number of nitrogens with one attached hydrogen (secondary N) is 1. The van der Waals surface area contributed by atoms with Crippen LogP contribution in [-0.2, 0) is 11.3 Å². The highest BCUT2D eigenvalue weighted by Gasteiger charge is 2.13. The van der Waals surface area contributed by atoms with Crippen LogP contribution in [0.5, 0.6) is 0 Å². The molecule has 0 saturated carbocycles. The second-order valence-electron chi connectivity index (χ2n) is 4.03. The zero-order valence-electron chi connectivity index (χ0n) is 11.3. The van der Waals surface area contributed by atoms with Gasteiger partial charge in [0.15, 0.2) is 5.82 Å². The number of nitrogens with zero attached hydrogens (tertiary/aromatic N) is 2. The molecule has 0 radical (unpaired) electrons. The van der Waals surface area contributed by atoms with E-state index in [0.29, 0.717) is 12.4 Å². The molecule has 2 atom stereocenters. The van der Waals surface area contributed by atoms with Gasteiger partial charge in [0.25, 0.3) is 0 Å². The molecule has 1 heterocycles. The summed E-state index contributed by atoms with van der Waals surface area (Å²) in [5, 5.41) is 13.6. The van der Waals surface area contributed by atoms with Gasteiger partial charge in [0.1, 0.15) is 17.5 Å². The van der Waals surface area contributed by atoms with Crippen molar-refractivity contribution >= 4 is 17.6 Å². The van der Waals surface area contributed by atoms with E-state index in [2.05, 4.69) is 15.3 Å². The van der Waals surface area contributed by atoms with Crippen LogP contribution in [0.2, 0.25) is 0 Å². The van der Waals surface area contributed by atoms with Gasteiger partial charge in [-0.1, -0.05) is 6.92 Å². The van der Waals surface area contributed by atoms with Crippen LogP contribution in [0.1, 0.15) is 26.6 Å². The summed E-state index contributed by atoms with van der Waals surface area (Å²) in [4.78, 5) is 8.75. The number of hydrogen-bond acceptors (Lipinski definition) is 6. The summed E-state index contributed by atoms with van der Waals surface area (Å²) < 4.78 is 5.06. The van der Waals surface area contributed by atoms with Gasteiger partial charge in [-0.2, -0.15) is 0 Å². The lowest BCUT2D eigenvalue weighted by Crippen LogP contribution is -2.15. The highest BCUT2D eigenvalue weighted by Crippen LogP contribution is 2.25. The summed E-state index contributed by atoms with van der Waals surface area (Å²) in [6.07, 6.45) is -0.376. The van der Waals surface area contributed by atoms with E-state index < -0.39 is 0 Å². The standard InChI is InChI=1S/C12H21N3O2S/c1-5-13-10-6-12(18-9(3)8(2)16)15-11(14-10)7-17-4/h6,8-9,16H,5,7H2,1-4H3,(H,13,14,15). The highest BCUT2D eigenvalue weighted by atomic mass is 32.2. The lowest BCUT2D eigenvalue weighted by Gasteiger charge is -2.14. The topological polar surface area (TPSA) is 67.3 Å². The third kappa shape index (κ3) is 4.80. The molecule has 0 aromatic carbocycles. The first-order chi connectivity index (χ1) is 8.56. The van der Waals surface area contributed by atoms with Gasteiger partial charge in [-0.3, -0.25) is 0 Å². The van der Waals surface area contributed by atoms with Crippen LogP contribution in [0.15, 0.2) is 11.1 Å². The Balaban J connectivity index is 2.87. The molecule has 5 nitrogen and oxygen atoms in total. The molecule has 1 aromatic heterocycles. The Morgan fingerprint density at radius 3 is 2.72 bits per heavy atom. The first kappa shape index (κ1) is 15.2. The Hall–Kier alpha value is -0.850. The average Bonchev–Trinajstić information content (AvgIpc) is 2.29. The molecule has 0 aliphatic heterocycles. The number of methoxy groups -OCH3 is 1. The number of hydrogen-bond donors (Lipinski definition) is 2. The second kappa shape index (κ2) is 7.56. The van der Waals surface area contributed by atoms with Crippen LogP contribution in [0, 0.1) is 0 Å². The van der Waals surface area contributed by atoms with Crippen LogP contribution >= 0.6 is 11.8 Å². The van der Waals surface area contributed by atoms with Gasteiger partial charge >= 0.3 is 0 Å². The van der Waals surface area contributed by atoms with Crippen molar-refractivity contribution in [3.63, 3.8) is 0 Å². The van der Waals surface area contributed by atoms with Gasteiger partial charge in [-0.25, -0.2) is 9.97 Å². The van der Waals surface area contributed by atoms with Crippen LogP contribution in [0.3, 0.4) is 0 Å². The Kier molecular flexibility index (Phi) is 6.38. The molecule has 2 unspecified atom stereocenters. The Labute approximate surface area is 112 Å². The van der Waals surface area contributed by atoms with E-state index in [9.17, 15) is 5.11 Å². The van der Waals surface area contributed by atoms with E-state index in [1.54, 1.807) is 14.0 Å². The number of rotatable bonds is 7. The van der Waals surface area contributed by atoms with E-state index in [4.69, 9.17) is 4.74 Å². The van der Waals surface area contributed by atoms with Gasteiger partial charge in [0.2, 0.25) is 0 Å². The van der Waals surface area contributed by atoms with Gasteiger partial charge in [0.05, 0.1) is 6.10 Å². The van der Waals surface area contributed by atoms with E-state index in [0.717, 1.165) is 17.4 Å². The molecular formula is C12H21N3O2S. The zero-order valence-corrected chi connectivity index (χ0v) is 12.1. The number of thioether (sulfide) groups is 1. The quantitative estimate of drug-likeness (QED) is 0.583. The third-order valence-electron chi connectivity index (χ3n) is 2.37. The van der Waals surface area contributed by atoms with Crippen LogP contribution in [-0.4, -0.2) is 40.1 Å². The first-order valence-electron chi connectivity index (χ1n) is 6.02. The second-order valence-corrected chi connectivity index (χ2v) is 5.43. The summed E-state index contributed by atoms with van der Waals surface area (Å²) in [7, 11) is 1.62. The van der Waals surface area contributed by atoms with Crippen LogP contribution in [0.4, 0.5) is 5.82 Å². The maximum atomic E-state index is 9.52. The number of aromatic nitrogens is 2. The van der Waals surface area contributed by atoms with Crippen molar-refractivity contribution in [2.24, 2.45) is 0 Å². The minimum Gasteiger partial charge on any atom is -0.392 e. The van der Waals surface area contributed by atoms with Gasteiger partial charge < -0.3 is 15.2 Å². The fourth-order valence-corrected chi connectivity index (χ4v) is 2.20. The Bertz CT molecular complexity index is 350. The van der Waals surface area contributed by atoms with Crippen molar-refractivity contribution in [1.82, 2.24) is 9.97 Å². The van der Waals surface area contributed by atoms with Crippen molar-refractivity contribution in [2.75, 3.05) is 19.0 Å². The molecule has 2 N–H and O–H groups in total. The van der Waals surface area contributed by atoms with Crippen LogP contribution < -0.4 is 5.32 Å². The van der Waals surface area contributed by atoms with Crippen LogP contribution in [0.25, 0.3) is 0 Å². The highest BCUT2D eigenvalue weighted by molar-refractivity contribution is 7.99. The molecular weight excluding hydrogens is 250 g/mol. The minimum atomic E-state index is -0.376. The van der Waals surface area contributed by atoms with Gasteiger partial charge in [0, 0.05) is 25.0 Å². The molecule has 0 fully saturated rings. The summed E-state index contributed by atoms with van der Waals surface area (Å²) in [5.41, 5.74) is 0. The predicted molar refractivity (Wildman–Crippen MR) is 73.9 cm³/mol. The summed E-state index contributed by atoms with van der Waals surface area (Å²) >= 11 is 1.54. The van der Waals surface area contributed by atoms with Gasteiger partial charge in [-0.05, 0) is 13.8 Å². The lowest BCUT2D eigenvalue weighted by atomic mass is 10.3. The van der Waals surface area contributed by atoms with Crippen molar-refractivity contribution < 1.29 is 9.84 Å². The summed E-state index contributed by atoms with van der Waals surface area (Å²) in [6, 6.07) is 1.90. The molecule has 102 valence electrons. The SMILES string of the molecule is CCNc1cc(SC(C)C(C)O)nc(COC)n1. The average molecular weight is 271 g/mol. The largest absolute Gasteiger partial charge is 0.392 e. The fourth-order valence-electron chi connectivity index (χ4n) is 1.29. The Morgan fingerprint density at radius 1 is 1.44 bits per heavy atom. The molecule has 0 bridgehead atoms. The molecule has 0 saturated heterocycles. The summed E-state index contributed by atoms with van der Waals surface area (Å²) in [5.74, 6) is 1.44. The molecule has 1 rings (SSSR count). The minimum absolute atomic E-state index is 0.0878. The van der Waals surface area contributed by atoms with E-state index >= 15 is 0 Å².